The number of nitrogens with zero attached hydrogens (tertiary/aromatic N) is 2. The number of carbonyl (C=O) groups excluding carboxylic acids is 2. The van der Waals surface area contributed by atoms with Gasteiger partial charge in [0.2, 0.25) is 5.91 Å². The molecule has 0 atom stereocenters. The van der Waals surface area contributed by atoms with E-state index in [9.17, 15) is 22.8 Å². The second-order valence-corrected chi connectivity index (χ2v) is 6.05. The van der Waals surface area contributed by atoms with Gasteiger partial charge in [0.25, 0.3) is 5.91 Å². The number of aryl methyl sites for hydroxylation is 1. The fourth-order valence-corrected chi connectivity index (χ4v) is 2.96. The average Bonchev–Trinajstić information content (AvgIpc) is 2.97. The predicted molar refractivity (Wildman–Crippen MR) is 90.1 cm³/mol. The molecule has 26 heavy (non-hydrogen) atoms. The van der Waals surface area contributed by atoms with Crippen LogP contribution in [0.25, 0.3) is 0 Å². The van der Waals surface area contributed by atoms with E-state index in [0.717, 1.165) is 23.4 Å². The second kappa shape index (κ2) is 6.44. The predicted octanol–water partition coefficient (Wildman–Crippen LogP) is 3.57. The quantitative estimate of drug-likeness (QED) is 0.887. The lowest BCUT2D eigenvalue weighted by Crippen LogP contribution is -2.25. The molecule has 3 rings (SSSR count). The number of nitrogens with one attached hydrogen (secondary N) is 1. The Hall–Kier alpha value is -2.90. The van der Waals surface area contributed by atoms with Gasteiger partial charge in [-0.15, -0.1) is 0 Å². The van der Waals surface area contributed by atoms with Gasteiger partial charge in [-0.3, -0.25) is 9.59 Å². The third-order valence-corrected chi connectivity index (χ3v) is 4.23. The number of pyridine rings is 1. The number of alkyl halides is 3. The first-order chi connectivity index (χ1) is 12.2. The number of carbonyl (C=O) groups is 2. The third kappa shape index (κ3) is 3.40. The molecule has 0 aliphatic carbocycles. The van der Waals surface area contributed by atoms with E-state index in [0.29, 0.717) is 18.7 Å². The molecule has 0 spiro atoms. The molecular formula is C18H16F3N3O2. The van der Waals surface area contributed by atoms with Crippen molar-refractivity contribution in [3.05, 3.63) is 52.8 Å². The number of hydrogen-bond acceptors (Lipinski definition) is 3. The SMILES string of the molecule is CC(=O)N1CCc2cc(NC(=O)c3ccc(C(F)(F)F)nc3C)ccc21. The zero-order valence-corrected chi connectivity index (χ0v) is 14.1. The van der Waals surface area contributed by atoms with Crippen LogP contribution < -0.4 is 10.2 Å². The number of anilines is 2. The van der Waals surface area contributed by atoms with Crippen LogP contribution in [0.4, 0.5) is 24.5 Å². The molecule has 1 aromatic heterocycles. The molecular weight excluding hydrogens is 347 g/mol. The van der Waals surface area contributed by atoms with Crippen LogP contribution in [-0.4, -0.2) is 23.3 Å². The molecule has 136 valence electrons. The van der Waals surface area contributed by atoms with Crippen LogP contribution in [0, 0.1) is 6.92 Å². The Morgan fingerprint density at radius 3 is 2.54 bits per heavy atom. The highest BCUT2D eigenvalue weighted by atomic mass is 19.4. The number of hydrogen-bond donors (Lipinski definition) is 1. The van der Waals surface area contributed by atoms with Gasteiger partial charge in [-0.2, -0.15) is 13.2 Å². The molecule has 2 aromatic rings. The molecule has 5 nitrogen and oxygen atoms in total. The largest absolute Gasteiger partial charge is 0.433 e. The molecule has 0 bridgehead atoms. The van der Waals surface area contributed by atoms with Gasteiger partial charge < -0.3 is 10.2 Å². The Kier molecular flexibility index (Phi) is 4.43. The molecule has 1 aromatic carbocycles. The van der Waals surface area contributed by atoms with Gasteiger partial charge >= 0.3 is 6.18 Å². The number of fused-ring (bicyclic) bond motifs is 1. The van der Waals surface area contributed by atoms with Crippen LogP contribution in [0.2, 0.25) is 0 Å². The molecule has 0 fully saturated rings. The van der Waals surface area contributed by atoms with Crippen molar-refractivity contribution in [2.75, 3.05) is 16.8 Å². The monoisotopic (exact) mass is 363 g/mol. The Morgan fingerprint density at radius 1 is 1.19 bits per heavy atom. The Bertz CT molecular complexity index is 894. The first-order valence-electron chi connectivity index (χ1n) is 7.94. The van der Waals surface area contributed by atoms with Crippen molar-refractivity contribution < 1.29 is 22.8 Å². The van der Waals surface area contributed by atoms with Crippen molar-refractivity contribution in [2.45, 2.75) is 26.4 Å². The van der Waals surface area contributed by atoms with E-state index in [4.69, 9.17) is 0 Å². The van der Waals surface area contributed by atoms with E-state index in [1.165, 1.54) is 13.8 Å². The molecule has 0 unspecified atom stereocenters. The maximum Gasteiger partial charge on any atom is 0.433 e. The number of halogens is 3. The molecule has 2 heterocycles. The van der Waals surface area contributed by atoms with Crippen molar-refractivity contribution in [3.63, 3.8) is 0 Å². The summed E-state index contributed by atoms with van der Waals surface area (Å²) in [7, 11) is 0. The highest BCUT2D eigenvalue weighted by Gasteiger charge is 2.33. The summed E-state index contributed by atoms with van der Waals surface area (Å²) < 4.78 is 38.0. The summed E-state index contributed by atoms with van der Waals surface area (Å²) >= 11 is 0. The third-order valence-electron chi connectivity index (χ3n) is 4.23. The van der Waals surface area contributed by atoms with Crippen molar-refractivity contribution in [3.8, 4) is 0 Å². The topological polar surface area (TPSA) is 62.3 Å². The van der Waals surface area contributed by atoms with E-state index in [1.54, 1.807) is 23.1 Å². The number of rotatable bonds is 2. The van der Waals surface area contributed by atoms with Crippen molar-refractivity contribution in [1.29, 1.82) is 0 Å². The first kappa shape index (κ1) is 17.9. The molecule has 8 heteroatoms. The lowest BCUT2D eigenvalue weighted by atomic mass is 10.1. The normalized spacial score (nSPS) is 13.5. The molecule has 1 N–H and O–H groups in total. The van der Waals surface area contributed by atoms with Crippen molar-refractivity contribution >= 4 is 23.2 Å². The summed E-state index contributed by atoms with van der Waals surface area (Å²) in [4.78, 5) is 29.1. The number of benzene rings is 1. The van der Waals surface area contributed by atoms with Gasteiger partial charge in [-0.1, -0.05) is 0 Å². The second-order valence-electron chi connectivity index (χ2n) is 6.05. The highest BCUT2D eigenvalue weighted by molar-refractivity contribution is 6.05. The molecule has 0 saturated heterocycles. The van der Waals surface area contributed by atoms with Gasteiger partial charge in [-0.05, 0) is 49.2 Å². The summed E-state index contributed by atoms with van der Waals surface area (Å²) in [6.07, 6.45) is -3.87. The zero-order chi connectivity index (χ0) is 19.1. The maximum absolute atomic E-state index is 12.7. The Balaban J connectivity index is 1.80. The van der Waals surface area contributed by atoms with Crippen LogP contribution in [0.15, 0.2) is 30.3 Å². The molecule has 1 aliphatic rings. The average molecular weight is 363 g/mol. The Morgan fingerprint density at radius 2 is 1.92 bits per heavy atom. The van der Waals surface area contributed by atoms with E-state index in [-0.39, 0.29) is 17.2 Å². The zero-order valence-electron chi connectivity index (χ0n) is 14.1. The van der Waals surface area contributed by atoms with Crippen LogP contribution in [0.3, 0.4) is 0 Å². The molecule has 0 radical (unpaired) electrons. The highest BCUT2D eigenvalue weighted by Crippen LogP contribution is 2.31. The number of amides is 2. The minimum Gasteiger partial charge on any atom is -0.322 e. The van der Waals surface area contributed by atoms with Gasteiger partial charge in [-0.25, -0.2) is 4.98 Å². The van der Waals surface area contributed by atoms with Crippen LogP contribution in [0.1, 0.15) is 34.2 Å². The molecule has 1 aliphatic heterocycles. The summed E-state index contributed by atoms with van der Waals surface area (Å²) in [6, 6.07) is 7.08. The molecule has 2 amide bonds. The van der Waals surface area contributed by atoms with E-state index in [2.05, 4.69) is 10.3 Å². The summed E-state index contributed by atoms with van der Waals surface area (Å²) in [6.45, 7) is 3.44. The summed E-state index contributed by atoms with van der Waals surface area (Å²) in [5.74, 6) is -0.586. The van der Waals surface area contributed by atoms with Crippen molar-refractivity contribution in [2.24, 2.45) is 0 Å². The van der Waals surface area contributed by atoms with Gasteiger partial charge in [0, 0.05) is 24.8 Å². The van der Waals surface area contributed by atoms with Crippen LogP contribution in [-0.2, 0) is 17.4 Å². The fraction of sp³-hybridized carbons (Fsp3) is 0.278. The number of aromatic nitrogens is 1. The minimum atomic E-state index is -4.55. The van der Waals surface area contributed by atoms with Crippen molar-refractivity contribution in [1.82, 2.24) is 4.98 Å². The lowest BCUT2D eigenvalue weighted by Gasteiger charge is -2.15. The van der Waals surface area contributed by atoms with Crippen LogP contribution in [0.5, 0.6) is 0 Å². The molecule has 0 saturated carbocycles. The van der Waals surface area contributed by atoms with Crippen LogP contribution >= 0.6 is 0 Å². The van der Waals surface area contributed by atoms with Gasteiger partial charge in [0.05, 0.1) is 11.3 Å². The fourth-order valence-electron chi connectivity index (χ4n) is 2.96. The summed E-state index contributed by atoms with van der Waals surface area (Å²) in [5, 5.41) is 2.67. The standard InChI is InChI=1S/C18H16F3N3O2/c1-10-14(4-6-16(22-10)18(19,20)21)17(26)23-13-3-5-15-12(9-13)7-8-24(15)11(2)25/h3-6,9H,7-8H2,1-2H3,(H,23,26). The van der Waals surface area contributed by atoms with E-state index in [1.807, 2.05) is 0 Å². The minimum absolute atomic E-state index is 0.00115. The lowest BCUT2D eigenvalue weighted by molar-refractivity contribution is -0.141. The van der Waals surface area contributed by atoms with Gasteiger partial charge in [0.15, 0.2) is 0 Å². The maximum atomic E-state index is 12.7. The van der Waals surface area contributed by atoms with E-state index >= 15 is 0 Å². The smallest absolute Gasteiger partial charge is 0.322 e. The summed E-state index contributed by atoms with van der Waals surface area (Å²) in [5.41, 5.74) is 1.29. The first-order valence-corrected chi connectivity index (χ1v) is 7.94. The van der Waals surface area contributed by atoms with Gasteiger partial charge in [0.1, 0.15) is 5.69 Å². The van der Waals surface area contributed by atoms with E-state index < -0.39 is 17.8 Å². The Labute approximate surface area is 147 Å².